The van der Waals surface area contributed by atoms with Gasteiger partial charge in [0.15, 0.2) is 11.6 Å². The largest absolute Gasteiger partial charge is 0.493 e. The fourth-order valence-corrected chi connectivity index (χ4v) is 1.96. The van der Waals surface area contributed by atoms with Crippen LogP contribution in [0.2, 0.25) is 0 Å². The maximum Gasteiger partial charge on any atom is 0.198 e. The third kappa shape index (κ3) is 3.14. The Morgan fingerprint density at radius 1 is 1.29 bits per heavy atom. The minimum Gasteiger partial charge on any atom is -0.493 e. The lowest BCUT2D eigenvalue weighted by molar-refractivity contribution is 0.387. The van der Waals surface area contributed by atoms with Gasteiger partial charge in [0.2, 0.25) is 0 Å². The summed E-state index contributed by atoms with van der Waals surface area (Å²) in [6, 6.07) is 0. The Labute approximate surface area is 102 Å². The lowest BCUT2D eigenvalue weighted by atomic mass is 10.4. The molecule has 0 bridgehead atoms. The van der Waals surface area contributed by atoms with Crippen LogP contribution >= 0.6 is 41.1 Å². The third-order valence-corrected chi connectivity index (χ3v) is 3.34. The summed E-state index contributed by atoms with van der Waals surface area (Å²) in [5.41, 5.74) is 0. The predicted octanol–water partition coefficient (Wildman–Crippen LogP) is 3.28. The van der Waals surface area contributed by atoms with Crippen LogP contribution in [0.3, 0.4) is 0 Å². The molecule has 1 rings (SSSR count). The summed E-state index contributed by atoms with van der Waals surface area (Å²) < 4.78 is 18.7. The molecule has 0 fully saturated rings. The summed E-state index contributed by atoms with van der Waals surface area (Å²) in [5, 5.41) is 0.568. The fourth-order valence-electron chi connectivity index (χ4n) is 0.701. The fraction of sp³-hybridized carbons (Fsp3) is 0.375. The molecule has 1 aromatic rings. The molecule has 0 radical (unpaired) electrons. The molecule has 0 saturated heterocycles. The van der Waals surface area contributed by atoms with Gasteiger partial charge in [-0.2, -0.15) is 4.39 Å². The normalized spacial score (nSPS) is 9.07. The molecule has 14 heavy (non-hydrogen) atoms. The van der Waals surface area contributed by atoms with Crippen molar-refractivity contribution in [2.75, 3.05) is 7.11 Å². The molecule has 1 unspecified atom stereocenters. The summed E-state index contributed by atoms with van der Waals surface area (Å²) in [6.07, 6.45) is 0. The number of aromatic nitrogens is 1. The van der Waals surface area contributed by atoms with Crippen molar-refractivity contribution in [3.63, 3.8) is 0 Å². The molecule has 0 aliphatic rings. The Hall–Kier alpha value is 0.270. The highest BCUT2D eigenvalue weighted by atomic mass is 79.9. The van der Waals surface area contributed by atoms with E-state index in [-0.39, 0.29) is 10.4 Å². The van der Waals surface area contributed by atoms with Gasteiger partial charge in [0, 0.05) is 5.30 Å². The molecule has 0 aromatic carbocycles. The predicted molar refractivity (Wildman–Crippen MR) is 66.8 cm³/mol. The molecule has 0 spiro atoms. The van der Waals surface area contributed by atoms with Crippen LogP contribution in [-0.2, 0) is 0 Å². The van der Waals surface area contributed by atoms with Gasteiger partial charge in [0.05, 0.1) is 7.11 Å². The van der Waals surface area contributed by atoms with Crippen LogP contribution in [0.25, 0.3) is 0 Å². The third-order valence-electron chi connectivity index (χ3n) is 1.25. The van der Waals surface area contributed by atoms with E-state index in [9.17, 15) is 4.39 Å². The first-order valence-electron chi connectivity index (χ1n) is 3.92. The highest BCUT2D eigenvalue weighted by Gasteiger charge is 2.14. The molecule has 0 aliphatic heterocycles. The van der Waals surface area contributed by atoms with Gasteiger partial charge >= 0.3 is 0 Å². The second kappa shape index (κ2) is 6.70. The number of nitrogens with zero attached hydrogens (tertiary/aromatic N) is 1. The molecule has 1 aromatic heterocycles. The summed E-state index contributed by atoms with van der Waals surface area (Å²) >= 11 is 6.13. The average molecular weight is 347 g/mol. The van der Waals surface area contributed by atoms with E-state index >= 15 is 0 Å². The summed E-state index contributed by atoms with van der Waals surface area (Å²) in [7, 11) is 3.76. The van der Waals surface area contributed by atoms with Crippen molar-refractivity contribution in [1.29, 1.82) is 0 Å². The van der Waals surface area contributed by atoms with E-state index in [2.05, 4.69) is 46.1 Å². The van der Waals surface area contributed by atoms with E-state index in [4.69, 9.17) is 4.74 Å². The van der Waals surface area contributed by atoms with Gasteiger partial charge in [0.1, 0.15) is 9.21 Å². The zero-order chi connectivity index (χ0) is 11.3. The van der Waals surface area contributed by atoms with E-state index in [1.54, 1.807) is 0 Å². The maximum absolute atomic E-state index is 13.2. The highest BCUT2D eigenvalue weighted by molar-refractivity contribution is 9.11. The highest BCUT2D eigenvalue weighted by Crippen LogP contribution is 2.26. The first kappa shape index (κ1) is 14.3. The second-order valence-electron chi connectivity index (χ2n) is 1.95. The lowest BCUT2D eigenvalue weighted by Crippen LogP contribution is -2.06. The van der Waals surface area contributed by atoms with Crippen molar-refractivity contribution in [2.45, 2.75) is 13.8 Å². The zero-order valence-electron chi connectivity index (χ0n) is 8.07. The Morgan fingerprint density at radius 3 is 2.21 bits per heavy atom. The van der Waals surface area contributed by atoms with E-state index in [1.165, 1.54) is 7.11 Å². The van der Waals surface area contributed by atoms with Crippen molar-refractivity contribution in [1.82, 2.24) is 4.98 Å². The molecule has 2 nitrogen and oxygen atoms in total. The molecule has 1 heterocycles. The molecule has 0 amide bonds. The molecule has 80 valence electrons. The van der Waals surface area contributed by atoms with Crippen molar-refractivity contribution in [3.8, 4) is 5.75 Å². The number of methoxy groups -OCH3 is 1. The Bertz CT molecular complexity index is 296. The Kier molecular flexibility index (Phi) is 6.83. The van der Waals surface area contributed by atoms with Crippen molar-refractivity contribution < 1.29 is 9.13 Å². The van der Waals surface area contributed by atoms with E-state index < -0.39 is 5.82 Å². The van der Waals surface area contributed by atoms with Crippen molar-refractivity contribution in [2.24, 2.45) is 0 Å². The van der Waals surface area contributed by atoms with E-state index in [0.717, 1.165) is 0 Å². The van der Waals surface area contributed by atoms with Gasteiger partial charge in [-0.15, -0.1) is 0 Å². The Morgan fingerprint density at radius 2 is 1.79 bits per heavy atom. The first-order valence-corrected chi connectivity index (χ1v) is 6.08. The molecule has 0 N–H and O–H groups in total. The van der Waals surface area contributed by atoms with Gasteiger partial charge < -0.3 is 4.74 Å². The lowest BCUT2D eigenvalue weighted by Gasteiger charge is -2.07. The van der Waals surface area contributed by atoms with Crippen LogP contribution in [0.4, 0.5) is 4.39 Å². The number of rotatable bonds is 1. The summed E-state index contributed by atoms with van der Waals surface area (Å²) in [4.78, 5) is 3.84. The molecule has 0 aliphatic carbocycles. The molecular formula is C8H11Br2FNOP. The van der Waals surface area contributed by atoms with Gasteiger partial charge in [-0.3, -0.25) is 0 Å². The van der Waals surface area contributed by atoms with Crippen LogP contribution in [0.5, 0.6) is 5.75 Å². The number of pyridine rings is 1. The molecule has 1 atom stereocenters. The van der Waals surface area contributed by atoms with Crippen LogP contribution in [0.15, 0.2) is 9.21 Å². The van der Waals surface area contributed by atoms with Gasteiger partial charge in [-0.25, -0.2) is 4.98 Å². The van der Waals surface area contributed by atoms with Gasteiger partial charge in [0.25, 0.3) is 0 Å². The second-order valence-corrected chi connectivity index (χ2v) is 4.03. The van der Waals surface area contributed by atoms with E-state index in [1.807, 2.05) is 13.8 Å². The molecular weight excluding hydrogens is 336 g/mol. The van der Waals surface area contributed by atoms with Crippen LogP contribution in [0, 0.1) is 5.82 Å². The smallest absolute Gasteiger partial charge is 0.198 e. The standard InChI is InChI=1S/C6H5Br2FNOP.C2H6/c1-11-3-2(9)5(7)10-6(8)4(3)12;1-2/h12H2,1H3;1-2H3. The van der Waals surface area contributed by atoms with Crippen LogP contribution in [0.1, 0.15) is 13.8 Å². The number of halogens is 3. The number of hydrogen-bond acceptors (Lipinski definition) is 2. The quantitative estimate of drug-likeness (QED) is 0.575. The molecule has 6 heteroatoms. The summed E-state index contributed by atoms with van der Waals surface area (Å²) in [5.74, 6) is -0.320. The molecule has 0 saturated carbocycles. The van der Waals surface area contributed by atoms with Crippen molar-refractivity contribution in [3.05, 3.63) is 15.0 Å². The van der Waals surface area contributed by atoms with E-state index in [0.29, 0.717) is 9.91 Å². The van der Waals surface area contributed by atoms with Gasteiger partial charge in [-0.05, 0) is 31.9 Å². The van der Waals surface area contributed by atoms with Crippen LogP contribution in [-0.4, -0.2) is 12.1 Å². The van der Waals surface area contributed by atoms with Crippen LogP contribution < -0.4 is 10.0 Å². The SMILES string of the molecule is CC.COc1c(F)c(Br)nc(Br)c1P. The number of hydrogen-bond donors (Lipinski definition) is 0. The average Bonchev–Trinajstić information content (AvgIpc) is 2.19. The zero-order valence-corrected chi connectivity index (χ0v) is 12.4. The topological polar surface area (TPSA) is 22.1 Å². The first-order chi connectivity index (χ1) is 6.57. The maximum atomic E-state index is 13.2. The monoisotopic (exact) mass is 345 g/mol. The summed E-state index contributed by atoms with van der Waals surface area (Å²) in [6.45, 7) is 4.00. The minimum atomic E-state index is -0.495. The van der Waals surface area contributed by atoms with Crippen molar-refractivity contribution >= 4 is 46.4 Å². The Balaban J connectivity index is 0.000000791. The number of ether oxygens (including phenoxy) is 1. The minimum absolute atomic E-state index is 0.137. The van der Waals surface area contributed by atoms with Gasteiger partial charge in [-0.1, -0.05) is 23.1 Å².